The Morgan fingerprint density at radius 3 is 2.91 bits per heavy atom. The van der Waals surface area contributed by atoms with Crippen molar-refractivity contribution in [3.63, 3.8) is 0 Å². The Morgan fingerprint density at radius 2 is 2.05 bits per heavy atom. The van der Waals surface area contributed by atoms with E-state index in [9.17, 15) is 0 Å². The van der Waals surface area contributed by atoms with Crippen molar-refractivity contribution in [1.29, 1.82) is 0 Å². The molecule has 2 aromatic rings. The average molecular weight is 339 g/mol. The van der Waals surface area contributed by atoms with E-state index in [4.69, 9.17) is 27.9 Å². The molecule has 6 rings (SSSR count). The predicted molar refractivity (Wildman–Crippen MR) is 83.0 cm³/mol. The second-order valence-electron chi connectivity index (χ2n) is 6.66. The molecule has 0 unspecified atom stereocenters. The molecule has 0 radical (unpaired) electrons. The normalized spacial score (nSPS) is 39.7. The Kier molecular flexibility index (Phi) is 2.94. The number of halogens is 2. The standard InChI is InChI=1S/C15H16Cl2N4O/c16-3-9-7-1-2-8-10(9)4-22-13(8)12(7)21-6-20-11-14(17)18-5-19-15(11)21/h5-10,12-13H,1-4H2/t7-,8+,9+,10+,12-,13-/m1/s1. The van der Waals surface area contributed by atoms with Crippen LogP contribution in [0.4, 0.5) is 0 Å². The molecule has 0 aromatic carbocycles. The Labute approximate surface area is 138 Å². The van der Waals surface area contributed by atoms with Crippen molar-refractivity contribution in [3.05, 3.63) is 17.8 Å². The molecule has 116 valence electrons. The zero-order chi connectivity index (χ0) is 14.8. The monoisotopic (exact) mass is 338 g/mol. The lowest BCUT2D eigenvalue weighted by Crippen LogP contribution is -2.51. The van der Waals surface area contributed by atoms with Crippen molar-refractivity contribution < 1.29 is 4.74 Å². The van der Waals surface area contributed by atoms with Crippen LogP contribution in [0.5, 0.6) is 0 Å². The number of ether oxygens (including phenoxy) is 1. The van der Waals surface area contributed by atoms with Gasteiger partial charge in [0.1, 0.15) is 11.8 Å². The molecule has 1 saturated heterocycles. The van der Waals surface area contributed by atoms with Crippen LogP contribution in [0.15, 0.2) is 12.7 Å². The van der Waals surface area contributed by atoms with Gasteiger partial charge in [-0.1, -0.05) is 11.6 Å². The van der Waals surface area contributed by atoms with Crippen LogP contribution in [0.2, 0.25) is 5.15 Å². The lowest BCUT2D eigenvalue weighted by molar-refractivity contribution is -0.0399. The highest BCUT2D eigenvalue weighted by molar-refractivity contribution is 6.33. The molecule has 6 atom stereocenters. The summed E-state index contributed by atoms with van der Waals surface area (Å²) >= 11 is 12.5. The molecule has 5 nitrogen and oxygen atoms in total. The van der Waals surface area contributed by atoms with Crippen LogP contribution in [0, 0.1) is 23.7 Å². The second-order valence-corrected chi connectivity index (χ2v) is 7.33. The minimum atomic E-state index is 0.259. The molecular formula is C15H16Cl2N4O. The first-order valence-electron chi connectivity index (χ1n) is 7.80. The van der Waals surface area contributed by atoms with Gasteiger partial charge in [-0.25, -0.2) is 15.0 Å². The van der Waals surface area contributed by atoms with Crippen LogP contribution in [0.1, 0.15) is 18.9 Å². The number of nitrogens with zero attached hydrogens (tertiary/aromatic N) is 4. The van der Waals surface area contributed by atoms with Crippen LogP contribution in [0.3, 0.4) is 0 Å². The molecule has 7 heteroatoms. The first-order chi connectivity index (χ1) is 10.8. The summed E-state index contributed by atoms with van der Waals surface area (Å²) in [6.07, 6.45) is 6.07. The smallest absolute Gasteiger partial charge is 0.165 e. The second kappa shape index (κ2) is 4.79. The third-order valence-electron chi connectivity index (χ3n) is 5.98. The van der Waals surface area contributed by atoms with Crippen molar-refractivity contribution in [3.8, 4) is 0 Å². The minimum Gasteiger partial charge on any atom is -0.375 e. The minimum absolute atomic E-state index is 0.259. The van der Waals surface area contributed by atoms with E-state index < -0.39 is 0 Å². The van der Waals surface area contributed by atoms with E-state index in [0.717, 1.165) is 12.3 Å². The Balaban J connectivity index is 1.66. The van der Waals surface area contributed by atoms with Gasteiger partial charge in [0, 0.05) is 5.88 Å². The van der Waals surface area contributed by atoms with Gasteiger partial charge < -0.3 is 9.30 Å². The molecule has 4 aliphatic rings. The summed E-state index contributed by atoms with van der Waals surface area (Å²) in [5.41, 5.74) is 1.47. The van der Waals surface area contributed by atoms with Gasteiger partial charge >= 0.3 is 0 Å². The topological polar surface area (TPSA) is 52.8 Å². The fourth-order valence-electron chi connectivity index (χ4n) is 5.10. The van der Waals surface area contributed by atoms with Crippen molar-refractivity contribution in [2.75, 3.05) is 12.5 Å². The number of hydrogen-bond donors (Lipinski definition) is 0. The molecule has 2 aromatic heterocycles. The number of aromatic nitrogens is 4. The van der Waals surface area contributed by atoms with Crippen molar-refractivity contribution >= 4 is 34.4 Å². The number of hydrogen-bond acceptors (Lipinski definition) is 4. The van der Waals surface area contributed by atoms with Gasteiger partial charge in [0.2, 0.25) is 0 Å². The third-order valence-corrected chi connectivity index (χ3v) is 6.61. The molecule has 4 bridgehead atoms. The Hall–Kier alpha value is -0.910. The van der Waals surface area contributed by atoms with Gasteiger partial charge in [-0.3, -0.25) is 0 Å². The largest absolute Gasteiger partial charge is 0.375 e. The summed E-state index contributed by atoms with van der Waals surface area (Å²) in [5.74, 6) is 3.02. The van der Waals surface area contributed by atoms with Crippen molar-refractivity contribution in [2.45, 2.75) is 25.0 Å². The van der Waals surface area contributed by atoms with E-state index in [0.29, 0.717) is 40.2 Å². The maximum atomic E-state index is 6.31. The fourth-order valence-corrected chi connectivity index (χ4v) is 5.74. The first kappa shape index (κ1) is 13.5. The highest BCUT2D eigenvalue weighted by Crippen LogP contribution is 2.58. The number of alkyl halides is 1. The molecule has 22 heavy (non-hydrogen) atoms. The maximum absolute atomic E-state index is 6.31. The zero-order valence-electron chi connectivity index (χ0n) is 11.9. The molecular weight excluding hydrogens is 323 g/mol. The highest BCUT2D eigenvalue weighted by Gasteiger charge is 2.58. The van der Waals surface area contributed by atoms with Gasteiger partial charge in [0.05, 0.1) is 25.1 Å². The summed E-state index contributed by atoms with van der Waals surface area (Å²) in [4.78, 5) is 12.9. The first-order valence-corrected chi connectivity index (χ1v) is 8.71. The summed E-state index contributed by atoms with van der Waals surface area (Å²) in [6, 6.07) is 0.261. The molecule has 3 aliphatic carbocycles. The van der Waals surface area contributed by atoms with Gasteiger partial charge in [-0.05, 0) is 36.5 Å². The quantitative estimate of drug-likeness (QED) is 0.624. The van der Waals surface area contributed by atoms with Crippen LogP contribution >= 0.6 is 23.2 Å². The van der Waals surface area contributed by atoms with E-state index in [-0.39, 0.29) is 12.1 Å². The molecule has 3 saturated carbocycles. The molecule has 4 fully saturated rings. The number of imidazole rings is 1. The SMILES string of the molecule is ClC[C@@H]1[C@H]2CO[C@@H]3[C@H]2CC[C@H]1[C@H]3n1cnc2c(Cl)ncnc21. The lowest BCUT2D eigenvalue weighted by Gasteiger charge is -2.51. The summed E-state index contributed by atoms with van der Waals surface area (Å²) in [7, 11) is 0. The summed E-state index contributed by atoms with van der Waals surface area (Å²) < 4.78 is 8.33. The van der Waals surface area contributed by atoms with Gasteiger partial charge in [0.15, 0.2) is 10.8 Å². The lowest BCUT2D eigenvalue weighted by atomic mass is 9.57. The fraction of sp³-hybridized carbons (Fsp3) is 0.667. The van der Waals surface area contributed by atoms with Crippen molar-refractivity contribution in [1.82, 2.24) is 19.5 Å². The summed E-state index contributed by atoms with van der Waals surface area (Å²) in [6.45, 7) is 0.849. The average Bonchev–Trinajstić information content (AvgIpc) is 3.13. The van der Waals surface area contributed by atoms with E-state index >= 15 is 0 Å². The molecule has 0 spiro atoms. The maximum Gasteiger partial charge on any atom is 0.165 e. The highest BCUT2D eigenvalue weighted by atomic mass is 35.5. The molecule has 0 N–H and O–H groups in total. The van der Waals surface area contributed by atoms with E-state index in [1.807, 2.05) is 6.33 Å². The van der Waals surface area contributed by atoms with Crippen molar-refractivity contribution in [2.24, 2.45) is 23.7 Å². The Bertz CT molecular complexity index is 735. The van der Waals surface area contributed by atoms with Crippen LogP contribution in [-0.2, 0) is 4.74 Å². The Morgan fingerprint density at radius 1 is 1.18 bits per heavy atom. The number of rotatable bonds is 2. The van der Waals surface area contributed by atoms with Gasteiger partial charge in [0.25, 0.3) is 0 Å². The molecule has 0 amide bonds. The van der Waals surface area contributed by atoms with E-state index in [1.165, 1.54) is 19.2 Å². The zero-order valence-corrected chi connectivity index (χ0v) is 13.4. The van der Waals surface area contributed by atoms with Crippen LogP contribution < -0.4 is 0 Å². The van der Waals surface area contributed by atoms with E-state index in [1.54, 1.807) is 0 Å². The van der Waals surface area contributed by atoms with Gasteiger partial charge in [-0.15, -0.1) is 11.6 Å². The van der Waals surface area contributed by atoms with Crippen LogP contribution in [0.25, 0.3) is 11.2 Å². The van der Waals surface area contributed by atoms with E-state index in [2.05, 4.69) is 19.5 Å². The van der Waals surface area contributed by atoms with Gasteiger partial charge in [-0.2, -0.15) is 0 Å². The molecule has 3 heterocycles. The summed E-state index contributed by atoms with van der Waals surface area (Å²) in [5, 5.41) is 0.406. The number of fused-ring (bicyclic) bond motifs is 2. The third kappa shape index (κ3) is 1.62. The molecule has 1 aliphatic heterocycles. The predicted octanol–water partition coefficient (Wildman–Crippen LogP) is 2.93. The van der Waals surface area contributed by atoms with Crippen LogP contribution in [-0.4, -0.2) is 38.1 Å².